The van der Waals surface area contributed by atoms with Crippen molar-refractivity contribution in [2.45, 2.75) is 6.04 Å². The van der Waals surface area contributed by atoms with Crippen LogP contribution < -0.4 is 0 Å². The number of aliphatic hydroxyl groups is 1. The molecule has 0 bridgehead atoms. The summed E-state index contributed by atoms with van der Waals surface area (Å²) in [5.74, 6) is 0.772. The van der Waals surface area contributed by atoms with E-state index in [-0.39, 0.29) is 12.6 Å². The van der Waals surface area contributed by atoms with Crippen molar-refractivity contribution in [3.05, 3.63) is 12.2 Å². The van der Waals surface area contributed by atoms with E-state index in [1.54, 1.807) is 0 Å². The van der Waals surface area contributed by atoms with Gasteiger partial charge in [0, 0.05) is 18.8 Å². The van der Waals surface area contributed by atoms with E-state index >= 15 is 0 Å². The number of morpholine rings is 1. The largest absolute Gasteiger partial charge is 0.395 e. The molecule has 0 spiro atoms. The maximum Gasteiger partial charge on any atom is 0.0644 e. The number of nitrogens with zero attached hydrogens (tertiary/aromatic N) is 1. The van der Waals surface area contributed by atoms with Crippen molar-refractivity contribution in [1.82, 2.24) is 4.90 Å². The van der Waals surface area contributed by atoms with Crippen molar-refractivity contribution in [3.63, 3.8) is 0 Å². The molecule has 1 heterocycles. The summed E-state index contributed by atoms with van der Waals surface area (Å²) in [7, 11) is 0. The van der Waals surface area contributed by atoms with Gasteiger partial charge in [-0.25, -0.2) is 0 Å². The monoisotopic (exact) mass is 203 g/mol. The fourth-order valence-corrected chi connectivity index (χ4v) is 1.53. The summed E-state index contributed by atoms with van der Waals surface area (Å²) in [6, 6.07) is 0.165. The number of thiol groups is 1. The molecule has 0 aromatic carbocycles. The highest BCUT2D eigenvalue weighted by Gasteiger charge is 2.20. The molecule has 1 fully saturated rings. The van der Waals surface area contributed by atoms with Gasteiger partial charge in [0.2, 0.25) is 0 Å². The molecule has 4 heteroatoms. The number of hydrogen-bond donors (Lipinski definition) is 2. The Kier molecular flexibility index (Phi) is 5.46. The summed E-state index contributed by atoms with van der Waals surface area (Å²) in [6.07, 6.45) is 4.11. The predicted octanol–water partition coefficient (Wildman–Crippen LogP) is 0.166. The number of ether oxygens (including phenoxy) is 1. The van der Waals surface area contributed by atoms with E-state index in [4.69, 9.17) is 9.84 Å². The zero-order valence-electron chi connectivity index (χ0n) is 7.72. The van der Waals surface area contributed by atoms with Gasteiger partial charge in [0.25, 0.3) is 0 Å². The van der Waals surface area contributed by atoms with Crippen LogP contribution in [-0.4, -0.2) is 54.7 Å². The highest BCUT2D eigenvalue weighted by Crippen LogP contribution is 2.05. The first-order valence-electron chi connectivity index (χ1n) is 4.57. The maximum absolute atomic E-state index is 9.06. The van der Waals surface area contributed by atoms with Crippen LogP contribution in [-0.2, 0) is 4.74 Å². The molecule has 0 saturated carbocycles. The topological polar surface area (TPSA) is 32.7 Å². The Bertz CT molecular complexity index is 164. The van der Waals surface area contributed by atoms with E-state index in [0.717, 1.165) is 25.4 Å². The smallest absolute Gasteiger partial charge is 0.0644 e. The van der Waals surface area contributed by atoms with Crippen LogP contribution in [0.5, 0.6) is 0 Å². The van der Waals surface area contributed by atoms with Crippen LogP contribution in [0.4, 0.5) is 0 Å². The lowest BCUT2D eigenvalue weighted by Crippen LogP contribution is -2.47. The highest BCUT2D eigenvalue weighted by molar-refractivity contribution is 7.80. The van der Waals surface area contributed by atoms with Crippen molar-refractivity contribution in [3.8, 4) is 0 Å². The maximum atomic E-state index is 9.06. The average molecular weight is 203 g/mol. The van der Waals surface area contributed by atoms with Gasteiger partial charge in [-0.15, -0.1) is 0 Å². The van der Waals surface area contributed by atoms with E-state index in [2.05, 4.69) is 23.6 Å². The molecule has 0 radical (unpaired) electrons. The molecule has 76 valence electrons. The predicted molar refractivity (Wildman–Crippen MR) is 56.3 cm³/mol. The van der Waals surface area contributed by atoms with Crippen molar-refractivity contribution in [2.75, 3.05) is 38.7 Å². The third-order valence-electron chi connectivity index (χ3n) is 2.17. The van der Waals surface area contributed by atoms with E-state index in [1.807, 2.05) is 6.08 Å². The van der Waals surface area contributed by atoms with E-state index in [0.29, 0.717) is 6.61 Å². The third-order valence-corrected chi connectivity index (χ3v) is 2.38. The summed E-state index contributed by atoms with van der Waals surface area (Å²) in [6.45, 7) is 3.38. The minimum atomic E-state index is 0.165. The summed E-state index contributed by atoms with van der Waals surface area (Å²) in [5, 5.41) is 9.06. The molecule has 3 nitrogen and oxygen atoms in total. The van der Waals surface area contributed by atoms with Crippen LogP contribution in [0.2, 0.25) is 0 Å². The molecule has 1 rings (SSSR count). The normalized spacial score (nSPS) is 25.5. The van der Waals surface area contributed by atoms with Crippen molar-refractivity contribution < 1.29 is 9.84 Å². The highest BCUT2D eigenvalue weighted by atomic mass is 32.1. The first kappa shape index (κ1) is 11.0. The summed E-state index contributed by atoms with van der Waals surface area (Å²) in [5.41, 5.74) is 0. The molecule has 0 aromatic heterocycles. The lowest BCUT2D eigenvalue weighted by molar-refractivity contribution is -0.0219. The van der Waals surface area contributed by atoms with E-state index in [9.17, 15) is 0 Å². The Morgan fingerprint density at radius 3 is 3.08 bits per heavy atom. The van der Waals surface area contributed by atoms with E-state index in [1.165, 1.54) is 0 Å². The lowest BCUT2D eigenvalue weighted by Gasteiger charge is -2.33. The first-order chi connectivity index (χ1) is 6.38. The van der Waals surface area contributed by atoms with Crippen LogP contribution in [0, 0.1) is 0 Å². The van der Waals surface area contributed by atoms with Gasteiger partial charge >= 0.3 is 0 Å². The quantitative estimate of drug-likeness (QED) is 0.504. The number of rotatable bonds is 4. The molecule has 1 saturated heterocycles. The van der Waals surface area contributed by atoms with Crippen LogP contribution in [0.3, 0.4) is 0 Å². The molecule has 1 aliphatic rings. The third kappa shape index (κ3) is 3.68. The van der Waals surface area contributed by atoms with Crippen molar-refractivity contribution >= 4 is 12.6 Å². The molecule has 0 amide bonds. The Hall–Kier alpha value is -0.0300. The van der Waals surface area contributed by atoms with Crippen LogP contribution in [0.15, 0.2) is 12.2 Å². The zero-order valence-corrected chi connectivity index (χ0v) is 8.62. The Labute approximate surface area is 84.8 Å². The summed E-state index contributed by atoms with van der Waals surface area (Å²) < 4.78 is 5.27. The molecule has 13 heavy (non-hydrogen) atoms. The second-order valence-corrected chi connectivity index (χ2v) is 3.43. The Morgan fingerprint density at radius 2 is 2.38 bits per heavy atom. The first-order valence-corrected chi connectivity index (χ1v) is 5.20. The second kappa shape index (κ2) is 6.43. The van der Waals surface area contributed by atoms with Gasteiger partial charge in [-0.05, 0) is 0 Å². The van der Waals surface area contributed by atoms with Crippen molar-refractivity contribution in [2.24, 2.45) is 0 Å². The van der Waals surface area contributed by atoms with Gasteiger partial charge in [0.05, 0.1) is 25.9 Å². The molecule has 1 N–H and O–H groups in total. The molecule has 1 aliphatic heterocycles. The Balaban J connectivity index is 2.31. The molecular formula is C9H17NO2S. The Morgan fingerprint density at radius 1 is 1.54 bits per heavy atom. The minimum Gasteiger partial charge on any atom is -0.395 e. The van der Waals surface area contributed by atoms with Gasteiger partial charge < -0.3 is 9.84 Å². The van der Waals surface area contributed by atoms with Crippen LogP contribution >= 0.6 is 12.6 Å². The fraction of sp³-hybridized carbons (Fsp3) is 0.778. The van der Waals surface area contributed by atoms with Crippen LogP contribution in [0.25, 0.3) is 0 Å². The standard InChI is InChI=1S/C9H17NO2S/c11-7-9-8-12-5-4-10(9)3-1-2-6-13/h1-2,9,11,13H,3-8H2/b2-1+. The molecule has 1 atom stereocenters. The van der Waals surface area contributed by atoms with E-state index < -0.39 is 0 Å². The van der Waals surface area contributed by atoms with Gasteiger partial charge in [0.1, 0.15) is 0 Å². The fourth-order valence-electron chi connectivity index (χ4n) is 1.38. The molecule has 1 unspecified atom stereocenters. The average Bonchev–Trinajstić information content (AvgIpc) is 2.19. The molecular weight excluding hydrogens is 186 g/mol. The van der Waals surface area contributed by atoms with Crippen LogP contribution in [0.1, 0.15) is 0 Å². The molecule has 0 aromatic rings. The SMILES string of the molecule is OCC1COCCN1C/C=C/CS. The van der Waals surface area contributed by atoms with Crippen molar-refractivity contribution in [1.29, 1.82) is 0 Å². The van der Waals surface area contributed by atoms with Gasteiger partial charge in [0.15, 0.2) is 0 Å². The summed E-state index contributed by atoms with van der Waals surface area (Å²) >= 11 is 4.08. The van der Waals surface area contributed by atoms with Gasteiger partial charge in [-0.1, -0.05) is 12.2 Å². The number of aliphatic hydroxyl groups excluding tert-OH is 1. The van der Waals surface area contributed by atoms with Gasteiger partial charge in [-0.2, -0.15) is 12.6 Å². The molecule has 0 aliphatic carbocycles. The minimum absolute atomic E-state index is 0.165. The van der Waals surface area contributed by atoms with Gasteiger partial charge in [-0.3, -0.25) is 4.90 Å². The lowest BCUT2D eigenvalue weighted by atomic mass is 10.2. The number of hydrogen-bond acceptors (Lipinski definition) is 4. The zero-order chi connectivity index (χ0) is 9.52. The summed E-state index contributed by atoms with van der Waals surface area (Å²) in [4.78, 5) is 2.23. The second-order valence-electron chi connectivity index (χ2n) is 3.06.